The lowest BCUT2D eigenvalue weighted by atomic mass is 10.2. The Morgan fingerprint density at radius 2 is 1.48 bits per heavy atom. The highest BCUT2D eigenvalue weighted by Crippen LogP contribution is 2.18. The summed E-state index contributed by atoms with van der Waals surface area (Å²) in [7, 11) is 0. The van der Waals surface area contributed by atoms with Crippen LogP contribution in [0.15, 0.2) is 54.6 Å². The maximum Gasteiger partial charge on any atom is 0.274 e. The van der Waals surface area contributed by atoms with E-state index in [0.717, 1.165) is 5.56 Å². The van der Waals surface area contributed by atoms with Crippen LogP contribution in [0.4, 0.5) is 5.69 Å². The molecule has 2 aromatic carbocycles. The van der Waals surface area contributed by atoms with Crippen LogP contribution in [-0.2, 0) is 22.7 Å². The Bertz CT molecular complexity index is 571. The molecule has 110 valence electrons. The summed E-state index contributed by atoms with van der Waals surface area (Å²) < 4.78 is 10.9. The Morgan fingerprint density at radius 3 is 2.19 bits per heavy atom. The number of benzene rings is 2. The maximum atomic E-state index is 10.8. The van der Waals surface area contributed by atoms with Crippen molar-refractivity contribution >= 4 is 5.69 Å². The first-order valence-electron chi connectivity index (χ1n) is 6.69. The zero-order valence-corrected chi connectivity index (χ0v) is 11.6. The van der Waals surface area contributed by atoms with Crippen LogP contribution in [0, 0.1) is 10.1 Å². The maximum absolute atomic E-state index is 10.8. The second-order valence-corrected chi connectivity index (χ2v) is 4.48. The molecule has 0 saturated carbocycles. The van der Waals surface area contributed by atoms with Gasteiger partial charge in [-0.05, 0) is 11.6 Å². The lowest BCUT2D eigenvalue weighted by molar-refractivity contribution is -0.386. The first-order valence-corrected chi connectivity index (χ1v) is 6.69. The van der Waals surface area contributed by atoms with E-state index < -0.39 is 4.92 Å². The molecule has 0 saturated heterocycles. The van der Waals surface area contributed by atoms with Crippen LogP contribution in [0.1, 0.15) is 11.1 Å². The minimum atomic E-state index is -0.398. The molecule has 0 spiro atoms. The third-order valence-corrected chi connectivity index (χ3v) is 2.93. The Morgan fingerprint density at radius 1 is 0.857 bits per heavy atom. The van der Waals surface area contributed by atoms with E-state index in [2.05, 4.69) is 0 Å². The summed E-state index contributed by atoms with van der Waals surface area (Å²) in [5.74, 6) is 0. The van der Waals surface area contributed by atoms with Gasteiger partial charge in [0.15, 0.2) is 0 Å². The van der Waals surface area contributed by atoms with Gasteiger partial charge in [-0.1, -0.05) is 42.5 Å². The normalized spacial score (nSPS) is 10.5. The lowest BCUT2D eigenvalue weighted by Crippen LogP contribution is -2.05. The smallest absolute Gasteiger partial charge is 0.274 e. The van der Waals surface area contributed by atoms with Gasteiger partial charge in [0.25, 0.3) is 5.69 Å². The summed E-state index contributed by atoms with van der Waals surface area (Å²) >= 11 is 0. The van der Waals surface area contributed by atoms with Crippen LogP contribution in [0.25, 0.3) is 0 Å². The van der Waals surface area contributed by atoms with Crippen LogP contribution in [-0.4, -0.2) is 18.1 Å². The number of hydrogen-bond donors (Lipinski definition) is 0. The molecule has 0 radical (unpaired) electrons. The molecule has 0 amide bonds. The number of rotatable bonds is 8. The van der Waals surface area contributed by atoms with Gasteiger partial charge in [0.2, 0.25) is 0 Å². The molecule has 0 bridgehead atoms. The lowest BCUT2D eigenvalue weighted by Gasteiger charge is -2.06. The fraction of sp³-hybridized carbons (Fsp3) is 0.250. The van der Waals surface area contributed by atoms with Crippen molar-refractivity contribution in [3.63, 3.8) is 0 Å². The Balaban J connectivity index is 1.67. The number of nitro groups is 1. The molecular formula is C16H17NO4. The predicted octanol–water partition coefficient (Wildman–Crippen LogP) is 3.33. The molecule has 0 N–H and O–H groups in total. The van der Waals surface area contributed by atoms with Gasteiger partial charge in [-0.2, -0.15) is 0 Å². The largest absolute Gasteiger partial charge is 0.374 e. The quantitative estimate of drug-likeness (QED) is 0.424. The van der Waals surface area contributed by atoms with Crippen molar-refractivity contribution in [2.75, 3.05) is 13.2 Å². The Hall–Kier alpha value is -2.24. The van der Waals surface area contributed by atoms with E-state index in [1.165, 1.54) is 6.07 Å². The third kappa shape index (κ3) is 4.98. The molecule has 0 atom stereocenters. The molecule has 0 aromatic heterocycles. The van der Waals surface area contributed by atoms with E-state index in [9.17, 15) is 10.1 Å². The van der Waals surface area contributed by atoms with Gasteiger partial charge in [-0.15, -0.1) is 0 Å². The van der Waals surface area contributed by atoms with Gasteiger partial charge in [-0.3, -0.25) is 10.1 Å². The summed E-state index contributed by atoms with van der Waals surface area (Å²) in [6.45, 7) is 1.61. The Kier molecular flexibility index (Phi) is 5.87. The van der Waals surface area contributed by atoms with Gasteiger partial charge in [0.1, 0.15) is 0 Å². The van der Waals surface area contributed by atoms with Gasteiger partial charge in [-0.25, -0.2) is 0 Å². The summed E-state index contributed by atoms with van der Waals surface area (Å²) in [4.78, 5) is 10.4. The van der Waals surface area contributed by atoms with Crippen LogP contribution < -0.4 is 0 Å². The first-order chi connectivity index (χ1) is 10.3. The van der Waals surface area contributed by atoms with Gasteiger partial charge < -0.3 is 9.47 Å². The zero-order valence-electron chi connectivity index (χ0n) is 11.6. The fourth-order valence-electron chi connectivity index (χ4n) is 1.88. The van der Waals surface area contributed by atoms with Crippen molar-refractivity contribution in [2.45, 2.75) is 13.2 Å². The topological polar surface area (TPSA) is 61.6 Å². The number of ether oxygens (including phenoxy) is 2. The second kappa shape index (κ2) is 8.14. The number of nitrogens with zero attached hydrogens (tertiary/aromatic N) is 1. The van der Waals surface area contributed by atoms with E-state index in [4.69, 9.17) is 9.47 Å². The van der Waals surface area contributed by atoms with Crippen molar-refractivity contribution in [3.05, 3.63) is 75.8 Å². The highest BCUT2D eigenvalue weighted by molar-refractivity contribution is 5.39. The molecule has 5 nitrogen and oxygen atoms in total. The van der Waals surface area contributed by atoms with Crippen LogP contribution in [0.3, 0.4) is 0 Å². The van der Waals surface area contributed by atoms with Crippen LogP contribution >= 0.6 is 0 Å². The van der Waals surface area contributed by atoms with Crippen LogP contribution in [0.5, 0.6) is 0 Å². The van der Waals surface area contributed by atoms with E-state index in [1.54, 1.807) is 18.2 Å². The molecule has 0 fully saturated rings. The van der Waals surface area contributed by atoms with Crippen molar-refractivity contribution in [2.24, 2.45) is 0 Å². The first kappa shape index (κ1) is 15.2. The minimum absolute atomic E-state index is 0.0858. The molecule has 0 aliphatic heterocycles. The summed E-state index contributed by atoms with van der Waals surface area (Å²) in [6.07, 6.45) is 0. The zero-order chi connectivity index (χ0) is 14.9. The molecule has 21 heavy (non-hydrogen) atoms. The molecule has 0 aliphatic rings. The molecule has 0 heterocycles. The van der Waals surface area contributed by atoms with Crippen molar-refractivity contribution in [1.29, 1.82) is 0 Å². The summed E-state index contributed by atoms with van der Waals surface area (Å²) in [6, 6.07) is 16.4. The number of nitro benzene ring substituents is 1. The van der Waals surface area contributed by atoms with E-state index in [1.807, 2.05) is 30.3 Å². The monoisotopic (exact) mass is 287 g/mol. The molecule has 0 unspecified atom stereocenters. The number of hydrogen-bond acceptors (Lipinski definition) is 4. The molecule has 0 aliphatic carbocycles. The number of para-hydroxylation sites is 1. The van der Waals surface area contributed by atoms with Gasteiger partial charge >= 0.3 is 0 Å². The van der Waals surface area contributed by atoms with Crippen molar-refractivity contribution < 1.29 is 14.4 Å². The minimum Gasteiger partial charge on any atom is -0.374 e. The fourth-order valence-corrected chi connectivity index (χ4v) is 1.88. The molecule has 5 heteroatoms. The van der Waals surface area contributed by atoms with Gasteiger partial charge in [0, 0.05) is 6.07 Å². The Labute approximate surface area is 123 Å². The average Bonchev–Trinajstić information content (AvgIpc) is 2.52. The summed E-state index contributed by atoms with van der Waals surface area (Å²) in [5.41, 5.74) is 1.77. The van der Waals surface area contributed by atoms with E-state index in [0.29, 0.717) is 25.4 Å². The van der Waals surface area contributed by atoms with Crippen molar-refractivity contribution in [1.82, 2.24) is 0 Å². The highest BCUT2D eigenvalue weighted by Gasteiger charge is 2.11. The third-order valence-electron chi connectivity index (χ3n) is 2.93. The SMILES string of the molecule is O=[N+]([O-])c1ccccc1COCCOCc1ccccc1. The molecule has 2 aromatic rings. The average molecular weight is 287 g/mol. The predicted molar refractivity (Wildman–Crippen MR) is 78.9 cm³/mol. The molecular weight excluding hydrogens is 270 g/mol. The molecule has 2 rings (SSSR count). The van der Waals surface area contributed by atoms with E-state index in [-0.39, 0.29) is 12.3 Å². The standard InChI is InChI=1S/C16H17NO4/c18-17(19)16-9-5-4-8-15(16)13-21-11-10-20-12-14-6-2-1-3-7-14/h1-9H,10-13H2. The second-order valence-electron chi connectivity index (χ2n) is 4.48. The summed E-state index contributed by atoms with van der Waals surface area (Å²) in [5, 5.41) is 10.8. The highest BCUT2D eigenvalue weighted by atomic mass is 16.6. The van der Waals surface area contributed by atoms with Crippen LogP contribution in [0.2, 0.25) is 0 Å². The van der Waals surface area contributed by atoms with Gasteiger partial charge in [0.05, 0.1) is 36.9 Å². The van der Waals surface area contributed by atoms with Crippen molar-refractivity contribution in [3.8, 4) is 0 Å². The van der Waals surface area contributed by atoms with E-state index >= 15 is 0 Å².